The van der Waals surface area contributed by atoms with Crippen molar-refractivity contribution >= 4 is 96.1 Å². The van der Waals surface area contributed by atoms with E-state index in [9.17, 15) is 24.6 Å². The summed E-state index contributed by atoms with van der Waals surface area (Å²) >= 11 is 0. The largest absolute Gasteiger partial charge is 0.494 e. The Morgan fingerprint density at radius 2 is 0.850 bits per heavy atom. The van der Waals surface area contributed by atoms with Gasteiger partial charge in [-0.25, -0.2) is 29.9 Å². The maximum atomic E-state index is 13.9. The third kappa shape index (κ3) is 17.5. The SMILES string of the molecule is CCCCN1CCC1.COc1cc(F)c([N+](=O)[O-])cc1Nc1nccc(-c2cn(C)c3ccccc23)n1.COc1cc(N(C)CCN2CCC2)c(N)cc1Nc1nccc(-c2cn(C)c3ccccc23)n1.COc1cc(N(C)CCN2CCC2)c([N+](=O)[O-])cc1Nc1nccc(-c2cn(C)c3ccccc23)n1. The van der Waals surface area contributed by atoms with Gasteiger partial charge in [-0.2, -0.15) is 4.39 Å². The molecule has 3 saturated heterocycles. The number of anilines is 9. The van der Waals surface area contributed by atoms with Crippen molar-refractivity contribution in [3.63, 3.8) is 0 Å². The molecule has 9 heterocycles. The number of para-hydroxylation sites is 3. The number of nitrogens with two attached hydrogens (primary N) is 1. The van der Waals surface area contributed by atoms with Gasteiger partial charge >= 0.3 is 5.69 Å². The Morgan fingerprint density at radius 3 is 1.22 bits per heavy atom. The number of nitro groups is 2. The molecule has 0 radical (unpaired) electrons. The first kappa shape index (κ1) is 74.7. The van der Waals surface area contributed by atoms with Crippen LogP contribution in [0.25, 0.3) is 66.5 Å². The molecule has 12 aromatic rings. The van der Waals surface area contributed by atoms with Gasteiger partial charge in [0.25, 0.3) is 5.69 Å². The topological polar surface area (TPSA) is 284 Å². The first-order chi connectivity index (χ1) is 51.9. The monoisotopic (exact) mass is 1450 g/mol. The Balaban J connectivity index is 0.000000143. The Hall–Kier alpha value is -12.0. The average Bonchev–Trinajstić information content (AvgIpc) is 1.74. The molecular weight excluding hydrogens is 1360 g/mol. The minimum Gasteiger partial charge on any atom is -0.494 e. The zero-order valence-corrected chi connectivity index (χ0v) is 61.9. The molecule has 15 rings (SSSR count). The molecule has 0 amide bonds. The van der Waals surface area contributed by atoms with Crippen molar-refractivity contribution in [2.45, 2.75) is 39.0 Å². The van der Waals surface area contributed by atoms with Crippen LogP contribution < -0.4 is 45.7 Å². The number of hydrogen-bond acceptors (Lipinski definition) is 22. The van der Waals surface area contributed by atoms with E-state index in [1.54, 1.807) is 44.9 Å². The summed E-state index contributed by atoms with van der Waals surface area (Å²) in [5.74, 6) is 1.31. The zero-order valence-electron chi connectivity index (χ0n) is 61.9. The molecule has 3 fully saturated rings. The van der Waals surface area contributed by atoms with Crippen LogP contribution in [-0.2, 0) is 21.1 Å². The number of nitro benzene ring substituents is 2. The lowest BCUT2D eigenvalue weighted by Gasteiger charge is -2.33. The van der Waals surface area contributed by atoms with E-state index in [0.29, 0.717) is 52.7 Å². The standard InChI is InChI=1S/C26H29N7O3.C26H31N7O.C20H16FN5O3.C7H15N/c1-30(13-14-32-11-6-12-32)23-16-25(36-3)21(15-24(23)33(34)35)29-26-27-10-9-20(28-26)19-17-31(2)22-8-5-4-7-18(19)22;1-31(13-14-33-11-6-12-33)24-16-25(34-3)22(15-20(24)27)30-26-28-10-9-21(29-26)19-17-32(2)23-8-5-4-7-18(19)23;1-25-11-13(12-5-3-4-6-17(12)25)15-7-8-22-20(23-15)24-16-10-18(26(27)28)14(21)9-19(16)29-2;1-2-3-5-8-6-4-7-8/h4-5,7-10,15-17H,6,11-14H2,1-3H3,(H,27,28,29);4-5,7-10,15-17H,6,11-14,27H2,1-3H3,(H,28,29,30);3-11H,1-2H3,(H,22,23,24);2-7H2,1H3. The minimum atomic E-state index is -0.983. The fourth-order valence-electron chi connectivity index (χ4n) is 13.1. The summed E-state index contributed by atoms with van der Waals surface area (Å²) in [6, 6.07) is 39.0. The molecule has 0 aliphatic carbocycles. The van der Waals surface area contributed by atoms with Gasteiger partial charge in [0, 0.05) is 178 Å². The molecule has 556 valence electrons. The number of hydrogen-bond donors (Lipinski definition) is 4. The Labute approximate surface area is 620 Å². The van der Waals surface area contributed by atoms with Crippen molar-refractivity contribution < 1.29 is 28.4 Å². The molecule has 28 heteroatoms. The van der Waals surface area contributed by atoms with E-state index in [0.717, 1.165) is 117 Å². The highest BCUT2D eigenvalue weighted by molar-refractivity contribution is 5.97. The maximum absolute atomic E-state index is 13.9. The minimum absolute atomic E-state index is 0.00498. The van der Waals surface area contributed by atoms with Crippen molar-refractivity contribution in [1.29, 1.82) is 0 Å². The fourth-order valence-corrected chi connectivity index (χ4v) is 13.1. The van der Waals surface area contributed by atoms with Gasteiger partial charge in [-0.3, -0.25) is 20.2 Å². The van der Waals surface area contributed by atoms with Crippen molar-refractivity contribution in [2.75, 3.05) is 139 Å². The van der Waals surface area contributed by atoms with Gasteiger partial charge in [-0.1, -0.05) is 67.9 Å². The molecule has 5 N–H and O–H groups in total. The lowest BCUT2D eigenvalue weighted by atomic mass is 10.1. The normalized spacial score (nSPS) is 13.3. The number of halogens is 1. The van der Waals surface area contributed by atoms with E-state index < -0.39 is 16.4 Å². The molecule has 0 spiro atoms. The molecule has 0 unspecified atom stereocenters. The number of nitrogen functional groups attached to an aromatic ring is 1. The van der Waals surface area contributed by atoms with Crippen LogP contribution in [-0.4, -0.2) is 176 Å². The number of aromatic nitrogens is 9. The van der Waals surface area contributed by atoms with E-state index in [1.165, 1.54) is 78.0 Å². The number of nitrogens with one attached hydrogen (secondary N) is 3. The van der Waals surface area contributed by atoms with E-state index in [2.05, 4.69) is 109 Å². The Bertz CT molecular complexity index is 5110. The number of likely N-dealkylation sites (tertiary alicyclic amines) is 3. The number of benzene rings is 6. The number of unbranched alkanes of at least 4 members (excludes halogenated alkanes) is 1. The molecule has 0 bridgehead atoms. The molecule has 6 aromatic carbocycles. The molecule has 0 saturated carbocycles. The molecule has 107 heavy (non-hydrogen) atoms. The average molecular weight is 1450 g/mol. The summed E-state index contributed by atoms with van der Waals surface area (Å²) in [4.78, 5) is 60.2. The summed E-state index contributed by atoms with van der Waals surface area (Å²) in [6.45, 7) is 14.4. The van der Waals surface area contributed by atoms with Crippen LogP contribution in [0.4, 0.5) is 67.7 Å². The molecule has 3 aliphatic heterocycles. The smallest absolute Gasteiger partial charge is 0.307 e. The van der Waals surface area contributed by atoms with E-state index in [4.69, 9.17) is 29.9 Å². The van der Waals surface area contributed by atoms with Crippen LogP contribution in [0.2, 0.25) is 0 Å². The predicted octanol–water partition coefficient (Wildman–Crippen LogP) is 14.5. The summed E-state index contributed by atoms with van der Waals surface area (Å²) in [7, 11) is 14.5. The lowest BCUT2D eigenvalue weighted by molar-refractivity contribution is -0.387. The maximum Gasteiger partial charge on any atom is 0.307 e. The van der Waals surface area contributed by atoms with Gasteiger partial charge in [-0.05, 0) is 114 Å². The first-order valence-electron chi connectivity index (χ1n) is 35.8. The molecule has 3 aliphatic rings. The first-order valence-corrected chi connectivity index (χ1v) is 35.8. The number of nitrogens with zero attached hydrogens (tertiary/aromatic N) is 16. The highest BCUT2D eigenvalue weighted by Crippen LogP contribution is 2.42. The van der Waals surface area contributed by atoms with Gasteiger partial charge in [0.15, 0.2) is 0 Å². The Morgan fingerprint density at radius 1 is 0.495 bits per heavy atom. The molecule has 0 atom stereocenters. The Kier molecular flexibility index (Phi) is 23.9. The summed E-state index contributed by atoms with van der Waals surface area (Å²) in [6.07, 6.45) is 17.8. The van der Waals surface area contributed by atoms with Gasteiger partial charge in [0.05, 0.1) is 76.7 Å². The van der Waals surface area contributed by atoms with Crippen LogP contribution in [0.15, 0.2) is 165 Å². The van der Waals surface area contributed by atoms with Crippen LogP contribution in [0, 0.1) is 26.0 Å². The summed E-state index contributed by atoms with van der Waals surface area (Å²) < 4.78 is 36.4. The number of ether oxygens (including phenoxy) is 3. The third-order valence-electron chi connectivity index (χ3n) is 19.5. The van der Waals surface area contributed by atoms with Gasteiger partial charge in [0.1, 0.15) is 22.9 Å². The quantitative estimate of drug-likeness (QED) is 0.0235. The highest BCUT2D eigenvalue weighted by atomic mass is 19.1. The second-order valence-electron chi connectivity index (χ2n) is 26.6. The van der Waals surface area contributed by atoms with Crippen LogP contribution in [0.1, 0.15) is 39.0 Å². The number of likely N-dealkylation sites (N-methyl/N-ethyl adjacent to an activating group) is 2. The van der Waals surface area contributed by atoms with E-state index in [-0.39, 0.29) is 28.0 Å². The third-order valence-corrected chi connectivity index (χ3v) is 19.5. The van der Waals surface area contributed by atoms with Crippen molar-refractivity contribution in [3.05, 3.63) is 191 Å². The van der Waals surface area contributed by atoms with Crippen molar-refractivity contribution in [3.8, 4) is 51.0 Å². The lowest BCUT2D eigenvalue weighted by Crippen LogP contribution is -2.41. The van der Waals surface area contributed by atoms with Crippen LogP contribution in [0.3, 0.4) is 0 Å². The molecule has 6 aromatic heterocycles. The fraction of sp³-hybridized carbons (Fsp3) is 0.316. The molecular formula is C79H91FN20O7. The second kappa shape index (κ2) is 34.3. The van der Waals surface area contributed by atoms with E-state index >= 15 is 0 Å². The van der Waals surface area contributed by atoms with Crippen molar-refractivity contribution in [2.24, 2.45) is 21.1 Å². The number of methoxy groups -OCH3 is 3. The number of aryl methyl sites for hydroxylation is 3. The predicted molar refractivity (Wildman–Crippen MR) is 423 cm³/mol. The van der Waals surface area contributed by atoms with Crippen LogP contribution >= 0.6 is 0 Å². The summed E-state index contributed by atoms with van der Waals surface area (Å²) in [5.41, 5.74) is 17.8. The number of fused-ring (bicyclic) bond motifs is 3. The van der Waals surface area contributed by atoms with Gasteiger partial charge in [0.2, 0.25) is 23.7 Å². The number of rotatable bonds is 25. The zero-order chi connectivity index (χ0) is 75.3. The van der Waals surface area contributed by atoms with Crippen molar-refractivity contribution in [1.82, 2.24) is 58.3 Å². The van der Waals surface area contributed by atoms with Gasteiger partial charge in [-0.15, -0.1) is 0 Å². The van der Waals surface area contributed by atoms with E-state index in [1.807, 2.05) is 123 Å². The van der Waals surface area contributed by atoms with Gasteiger partial charge < -0.3 is 74.1 Å². The second-order valence-corrected chi connectivity index (χ2v) is 26.6. The summed E-state index contributed by atoms with van der Waals surface area (Å²) in [5, 5.41) is 35.6. The van der Waals surface area contributed by atoms with Crippen LogP contribution in [0.5, 0.6) is 17.2 Å². The molecule has 27 nitrogen and oxygen atoms in total. The highest BCUT2D eigenvalue weighted by Gasteiger charge is 2.26.